The van der Waals surface area contributed by atoms with E-state index in [0.717, 1.165) is 0 Å². The Morgan fingerprint density at radius 1 is 1.14 bits per heavy atom. The zero-order valence-electron chi connectivity index (χ0n) is 16.2. The van der Waals surface area contributed by atoms with Crippen LogP contribution in [0.1, 0.15) is 23.6 Å². The molecule has 0 aliphatic carbocycles. The van der Waals surface area contributed by atoms with E-state index < -0.39 is 23.5 Å². The highest BCUT2D eigenvalue weighted by molar-refractivity contribution is 6.46. The van der Waals surface area contributed by atoms with Crippen molar-refractivity contribution in [2.24, 2.45) is 0 Å². The van der Waals surface area contributed by atoms with Crippen LogP contribution in [0.4, 0.5) is 4.39 Å². The van der Waals surface area contributed by atoms with Gasteiger partial charge >= 0.3 is 0 Å². The van der Waals surface area contributed by atoms with Crippen molar-refractivity contribution in [1.82, 2.24) is 4.90 Å². The molecule has 1 aliphatic heterocycles. The maximum atomic E-state index is 13.3. The maximum absolute atomic E-state index is 13.3. The van der Waals surface area contributed by atoms with Crippen molar-refractivity contribution in [2.75, 3.05) is 27.4 Å². The number of halogens is 1. The van der Waals surface area contributed by atoms with Gasteiger partial charge in [-0.3, -0.25) is 9.59 Å². The minimum atomic E-state index is -0.785. The first-order chi connectivity index (χ1) is 14.0. The van der Waals surface area contributed by atoms with Gasteiger partial charge in [0.05, 0.1) is 18.7 Å². The van der Waals surface area contributed by atoms with Gasteiger partial charge in [-0.1, -0.05) is 12.1 Å². The molecule has 29 heavy (non-hydrogen) atoms. The molecule has 1 unspecified atom stereocenters. The second kappa shape index (κ2) is 8.87. The number of hydrogen-bond donors (Lipinski definition) is 1. The lowest BCUT2D eigenvalue weighted by Crippen LogP contribution is -2.31. The molecule has 1 amide bonds. The predicted octanol–water partition coefficient (Wildman–Crippen LogP) is 3.29. The van der Waals surface area contributed by atoms with Crippen LogP contribution in [0, 0.1) is 5.82 Å². The van der Waals surface area contributed by atoms with E-state index in [1.807, 2.05) is 0 Å². The summed E-state index contributed by atoms with van der Waals surface area (Å²) in [6.07, 6.45) is 0.528. The molecule has 0 aromatic heterocycles. The first kappa shape index (κ1) is 20.5. The standard InChI is InChI=1S/C22H22FNO5/c1-28-12-4-11-24-19(15-5-3-6-17(13-15)29-2)18(21(26)22(24)27)20(25)14-7-9-16(23)10-8-14/h3,5-10,13,19,25H,4,11-12H2,1-2H3/b20-18-. The number of methoxy groups -OCH3 is 2. The minimum Gasteiger partial charge on any atom is -0.507 e. The fraction of sp³-hybridized carbons (Fsp3) is 0.273. The molecular formula is C22H22FNO5. The first-order valence-corrected chi connectivity index (χ1v) is 9.15. The van der Waals surface area contributed by atoms with Crippen LogP contribution in [-0.4, -0.2) is 49.1 Å². The Hall–Kier alpha value is -3.19. The van der Waals surface area contributed by atoms with Gasteiger partial charge in [0.1, 0.15) is 17.3 Å². The molecule has 7 heteroatoms. The molecule has 1 heterocycles. The van der Waals surface area contributed by atoms with Crippen LogP contribution >= 0.6 is 0 Å². The van der Waals surface area contributed by atoms with Crippen LogP contribution in [0.5, 0.6) is 5.75 Å². The van der Waals surface area contributed by atoms with Crippen molar-refractivity contribution in [3.05, 3.63) is 71.0 Å². The molecule has 1 N–H and O–H groups in total. The number of rotatable bonds is 7. The Bertz CT molecular complexity index is 938. The highest BCUT2D eigenvalue weighted by atomic mass is 19.1. The van der Waals surface area contributed by atoms with Crippen LogP contribution in [-0.2, 0) is 14.3 Å². The second-order valence-corrected chi connectivity index (χ2v) is 6.62. The van der Waals surface area contributed by atoms with Gasteiger partial charge < -0.3 is 19.5 Å². The Labute approximate surface area is 168 Å². The lowest BCUT2D eigenvalue weighted by Gasteiger charge is -2.25. The second-order valence-electron chi connectivity index (χ2n) is 6.62. The summed E-state index contributed by atoms with van der Waals surface area (Å²) in [5.41, 5.74) is 0.853. The number of nitrogens with zero attached hydrogens (tertiary/aromatic N) is 1. The number of carbonyl (C=O) groups excluding carboxylic acids is 2. The molecular weight excluding hydrogens is 377 g/mol. The van der Waals surface area contributed by atoms with Gasteiger partial charge in [-0.05, 0) is 48.4 Å². The fourth-order valence-electron chi connectivity index (χ4n) is 3.41. The Kier molecular flexibility index (Phi) is 6.29. The Morgan fingerprint density at radius 3 is 2.52 bits per heavy atom. The Morgan fingerprint density at radius 2 is 1.86 bits per heavy atom. The molecule has 1 saturated heterocycles. The molecule has 0 saturated carbocycles. The molecule has 6 nitrogen and oxygen atoms in total. The van der Waals surface area contributed by atoms with E-state index in [1.165, 1.54) is 36.3 Å². The van der Waals surface area contributed by atoms with Gasteiger partial charge in [0.25, 0.3) is 11.7 Å². The van der Waals surface area contributed by atoms with Crippen molar-refractivity contribution < 1.29 is 28.6 Å². The summed E-state index contributed by atoms with van der Waals surface area (Å²) in [5, 5.41) is 10.8. The number of hydrogen-bond acceptors (Lipinski definition) is 5. The molecule has 1 fully saturated rings. The number of carbonyl (C=O) groups is 2. The molecule has 1 atom stereocenters. The summed E-state index contributed by atoms with van der Waals surface area (Å²) >= 11 is 0. The number of aliphatic hydroxyl groups excluding tert-OH is 1. The SMILES string of the molecule is COCCCN1C(=O)C(=O)/C(=C(\O)c2ccc(F)cc2)C1c1cccc(OC)c1. The average Bonchev–Trinajstić information content (AvgIpc) is 2.99. The minimum absolute atomic E-state index is 0.0349. The van der Waals surface area contributed by atoms with Crippen molar-refractivity contribution >= 4 is 17.4 Å². The first-order valence-electron chi connectivity index (χ1n) is 9.15. The van der Waals surface area contributed by atoms with E-state index in [2.05, 4.69) is 0 Å². The third-order valence-corrected chi connectivity index (χ3v) is 4.81. The third kappa shape index (κ3) is 4.14. The van der Waals surface area contributed by atoms with E-state index in [4.69, 9.17) is 9.47 Å². The van der Waals surface area contributed by atoms with E-state index >= 15 is 0 Å². The number of ketones is 1. The molecule has 2 aromatic rings. The monoisotopic (exact) mass is 399 g/mol. The summed E-state index contributed by atoms with van der Waals surface area (Å²) in [6, 6.07) is 11.3. The van der Waals surface area contributed by atoms with Crippen molar-refractivity contribution in [2.45, 2.75) is 12.5 Å². The van der Waals surface area contributed by atoms with E-state index in [9.17, 15) is 19.1 Å². The van der Waals surface area contributed by atoms with Crippen molar-refractivity contribution in [3.63, 3.8) is 0 Å². The fourth-order valence-corrected chi connectivity index (χ4v) is 3.41. The largest absolute Gasteiger partial charge is 0.507 e. The van der Waals surface area contributed by atoms with Gasteiger partial charge in [0.15, 0.2) is 0 Å². The number of likely N-dealkylation sites (tertiary alicyclic amines) is 1. The van der Waals surface area contributed by atoms with Gasteiger partial charge in [0, 0.05) is 25.8 Å². The highest BCUT2D eigenvalue weighted by Crippen LogP contribution is 2.40. The molecule has 0 spiro atoms. The summed E-state index contributed by atoms with van der Waals surface area (Å²) in [7, 11) is 3.08. The number of ether oxygens (including phenoxy) is 2. The number of aliphatic hydroxyl groups is 1. The van der Waals surface area contributed by atoms with Crippen molar-refractivity contribution in [1.29, 1.82) is 0 Å². The van der Waals surface area contributed by atoms with Crippen LogP contribution < -0.4 is 4.74 Å². The lowest BCUT2D eigenvalue weighted by molar-refractivity contribution is -0.140. The molecule has 152 valence electrons. The van der Waals surface area contributed by atoms with Gasteiger partial charge in [-0.2, -0.15) is 0 Å². The zero-order valence-corrected chi connectivity index (χ0v) is 16.2. The van der Waals surface area contributed by atoms with E-state index in [1.54, 1.807) is 31.4 Å². The number of Topliss-reactive ketones (excluding diaryl/α,β-unsaturated/α-hetero) is 1. The van der Waals surface area contributed by atoms with Gasteiger partial charge in [0.2, 0.25) is 0 Å². The van der Waals surface area contributed by atoms with Gasteiger partial charge in [-0.15, -0.1) is 0 Å². The number of amides is 1. The normalized spacial score (nSPS) is 18.3. The van der Waals surface area contributed by atoms with Crippen LogP contribution in [0.15, 0.2) is 54.1 Å². The molecule has 2 aromatic carbocycles. The summed E-state index contributed by atoms with van der Waals surface area (Å²) in [4.78, 5) is 27.0. The predicted molar refractivity (Wildman–Crippen MR) is 105 cm³/mol. The Balaban J connectivity index is 2.12. The molecule has 0 radical (unpaired) electrons. The van der Waals surface area contributed by atoms with E-state index in [-0.39, 0.29) is 23.4 Å². The summed E-state index contributed by atoms with van der Waals surface area (Å²) < 4.78 is 23.6. The van der Waals surface area contributed by atoms with Gasteiger partial charge in [-0.25, -0.2) is 4.39 Å². The summed E-state index contributed by atoms with van der Waals surface area (Å²) in [5.74, 6) is -1.72. The quantitative estimate of drug-likeness (QED) is 0.335. The van der Waals surface area contributed by atoms with Crippen LogP contribution in [0.2, 0.25) is 0 Å². The average molecular weight is 399 g/mol. The van der Waals surface area contributed by atoms with Crippen LogP contribution in [0.25, 0.3) is 5.76 Å². The zero-order chi connectivity index (χ0) is 21.0. The van der Waals surface area contributed by atoms with Crippen molar-refractivity contribution in [3.8, 4) is 5.75 Å². The molecule has 3 rings (SSSR count). The smallest absolute Gasteiger partial charge is 0.295 e. The third-order valence-electron chi connectivity index (χ3n) is 4.81. The topological polar surface area (TPSA) is 76.1 Å². The summed E-state index contributed by atoms with van der Waals surface area (Å²) in [6.45, 7) is 0.701. The van der Waals surface area contributed by atoms with E-state index in [0.29, 0.717) is 24.3 Å². The number of benzene rings is 2. The highest BCUT2D eigenvalue weighted by Gasteiger charge is 2.45. The lowest BCUT2D eigenvalue weighted by atomic mass is 9.95. The molecule has 1 aliphatic rings. The maximum Gasteiger partial charge on any atom is 0.295 e. The molecule has 0 bridgehead atoms. The van der Waals surface area contributed by atoms with Crippen LogP contribution in [0.3, 0.4) is 0 Å².